The zero-order valence-electron chi connectivity index (χ0n) is 26.7. The number of benzene rings is 3. The molecule has 3 aromatic rings. The summed E-state index contributed by atoms with van der Waals surface area (Å²) in [5, 5.41) is 3.35. The largest absolute Gasteiger partial charge is 0.494 e. The number of rotatable bonds is 10. The van der Waals surface area contributed by atoms with Gasteiger partial charge in [-0.1, -0.05) is 37.3 Å². The summed E-state index contributed by atoms with van der Waals surface area (Å²) in [5.41, 5.74) is 7.68. The lowest BCUT2D eigenvalue weighted by atomic mass is 9.49. The monoisotopic (exact) mass is 591 g/mol. The van der Waals surface area contributed by atoms with Crippen molar-refractivity contribution in [1.29, 1.82) is 0 Å². The molecular weight excluding hydrogens is 542 g/mol. The zero-order valence-corrected chi connectivity index (χ0v) is 26.7. The van der Waals surface area contributed by atoms with Gasteiger partial charge in [0.1, 0.15) is 5.75 Å². The normalized spacial score (nSPS) is 26.1. The molecule has 1 aliphatic heterocycles. The number of anilines is 1. The average molecular weight is 592 g/mol. The molecule has 4 bridgehead atoms. The van der Waals surface area contributed by atoms with Crippen molar-refractivity contribution in [3.63, 3.8) is 0 Å². The van der Waals surface area contributed by atoms with Gasteiger partial charge in [0.25, 0.3) is 5.91 Å². The standard InChI is InChI=1S/C39H49N3O2/c1-3-31-21-34(33-6-5-7-37(22-33)44-4-2)8-9-35(31)26-41-14-16-42(17-15-41)36-12-10-32(11-13-36)38(43)40-27-39-23-28-18-29(24-39)20-30(19-28)25-39/h5-13,21-22,28-30H,3-4,14-20,23-27H2,1-2H3,(H,40,43). The first-order chi connectivity index (χ1) is 21.5. The summed E-state index contributed by atoms with van der Waals surface area (Å²) in [7, 11) is 0. The van der Waals surface area contributed by atoms with Crippen LogP contribution in [-0.4, -0.2) is 50.1 Å². The summed E-state index contributed by atoms with van der Waals surface area (Å²) in [5.74, 6) is 3.78. The topological polar surface area (TPSA) is 44.8 Å². The number of aryl methyl sites for hydroxylation is 1. The fourth-order valence-corrected chi connectivity index (χ4v) is 9.33. The second-order valence-electron chi connectivity index (χ2n) is 14.2. The van der Waals surface area contributed by atoms with Crippen molar-refractivity contribution in [2.75, 3.05) is 44.2 Å². The predicted molar refractivity (Wildman–Crippen MR) is 179 cm³/mol. The Morgan fingerprint density at radius 3 is 2.16 bits per heavy atom. The maximum atomic E-state index is 13.1. The van der Waals surface area contributed by atoms with Gasteiger partial charge in [0.15, 0.2) is 0 Å². The Morgan fingerprint density at radius 1 is 0.818 bits per heavy atom. The minimum absolute atomic E-state index is 0.0943. The van der Waals surface area contributed by atoms with Crippen molar-refractivity contribution in [3.05, 3.63) is 83.4 Å². The number of nitrogens with zero attached hydrogens (tertiary/aromatic N) is 2. The van der Waals surface area contributed by atoms with Crippen LogP contribution in [0.1, 0.15) is 73.9 Å². The Hall–Kier alpha value is -3.31. The summed E-state index contributed by atoms with van der Waals surface area (Å²) >= 11 is 0. The molecule has 4 aliphatic carbocycles. The number of piperazine rings is 1. The highest BCUT2D eigenvalue weighted by molar-refractivity contribution is 5.94. The Balaban J connectivity index is 0.914. The van der Waals surface area contributed by atoms with Crippen LogP contribution in [0.2, 0.25) is 0 Å². The molecule has 232 valence electrons. The highest BCUT2D eigenvalue weighted by Crippen LogP contribution is 2.59. The van der Waals surface area contributed by atoms with Crippen molar-refractivity contribution < 1.29 is 9.53 Å². The summed E-state index contributed by atoms with van der Waals surface area (Å²) in [6.07, 6.45) is 9.36. The molecule has 0 radical (unpaired) electrons. The van der Waals surface area contributed by atoms with Crippen LogP contribution in [0.5, 0.6) is 5.75 Å². The van der Waals surface area contributed by atoms with E-state index in [1.807, 2.05) is 25.1 Å². The molecule has 0 atom stereocenters. The van der Waals surface area contributed by atoms with Crippen molar-refractivity contribution in [2.45, 2.75) is 65.3 Å². The molecule has 0 spiro atoms. The molecule has 0 unspecified atom stereocenters. The molecule has 5 nitrogen and oxygen atoms in total. The lowest BCUT2D eigenvalue weighted by Gasteiger charge is -2.56. The number of amides is 1. The SMILES string of the molecule is CCOc1cccc(-c2ccc(CN3CCN(c4ccc(C(=O)NCC56CC7CC(CC(C7)C5)C6)cc4)CC3)c(CC)c2)c1. The van der Waals surface area contributed by atoms with Crippen LogP contribution in [0.15, 0.2) is 66.7 Å². The maximum absolute atomic E-state index is 13.1. The van der Waals surface area contributed by atoms with E-state index in [1.54, 1.807) is 0 Å². The number of ether oxygens (including phenoxy) is 1. The second kappa shape index (κ2) is 12.6. The van der Waals surface area contributed by atoms with Gasteiger partial charge in [-0.25, -0.2) is 0 Å². The highest BCUT2D eigenvalue weighted by atomic mass is 16.5. The minimum Gasteiger partial charge on any atom is -0.494 e. The van der Waals surface area contributed by atoms with E-state index < -0.39 is 0 Å². The van der Waals surface area contributed by atoms with Gasteiger partial charge >= 0.3 is 0 Å². The molecule has 0 aromatic heterocycles. The summed E-state index contributed by atoms with van der Waals surface area (Å²) < 4.78 is 5.72. The fourth-order valence-electron chi connectivity index (χ4n) is 9.33. The Labute approximate surface area is 264 Å². The Morgan fingerprint density at radius 2 is 1.50 bits per heavy atom. The van der Waals surface area contributed by atoms with Crippen LogP contribution < -0.4 is 15.0 Å². The van der Waals surface area contributed by atoms with Crippen LogP contribution in [0.3, 0.4) is 0 Å². The molecule has 5 heteroatoms. The van der Waals surface area contributed by atoms with E-state index in [4.69, 9.17) is 4.74 Å². The van der Waals surface area contributed by atoms with Crippen LogP contribution in [-0.2, 0) is 13.0 Å². The lowest BCUT2D eigenvalue weighted by Crippen LogP contribution is -2.51. The Bertz CT molecular complexity index is 1420. The van der Waals surface area contributed by atoms with E-state index in [0.29, 0.717) is 12.0 Å². The van der Waals surface area contributed by atoms with Gasteiger partial charge < -0.3 is 15.0 Å². The van der Waals surface area contributed by atoms with Crippen LogP contribution >= 0.6 is 0 Å². The molecular formula is C39H49N3O2. The second-order valence-corrected chi connectivity index (χ2v) is 14.2. The van der Waals surface area contributed by atoms with Crippen molar-refractivity contribution in [2.24, 2.45) is 23.2 Å². The number of carbonyl (C=O) groups excluding carboxylic acids is 1. The zero-order chi connectivity index (χ0) is 30.1. The third-order valence-corrected chi connectivity index (χ3v) is 11.1. The molecule has 8 rings (SSSR count). The van der Waals surface area contributed by atoms with Crippen LogP contribution in [0, 0.1) is 23.2 Å². The first-order valence-corrected chi connectivity index (χ1v) is 17.2. The van der Waals surface area contributed by atoms with Gasteiger partial charge in [0, 0.05) is 50.5 Å². The van der Waals surface area contributed by atoms with E-state index in [2.05, 4.69) is 70.6 Å². The van der Waals surface area contributed by atoms with Gasteiger partial charge in [-0.15, -0.1) is 0 Å². The fraction of sp³-hybridized carbons (Fsp3) is 0.513. The van der Waals surface area contributed by atoms with Gasteiger partial charge in [0.05, 0.1) is 6.61 Å². The summed E-state index contributed by atoms with van der Waals surface area (Å²) in [6, 6.07) is 23.7. The van der Waals surface area contributed by atoms with Crippen molar-refractivity contribution >= 4 is 11.6 Å². The first-order valence-electron chi connectivity index (χ1n) is 17.2. The van der Waals surface area contributed by atoms with Gasteiger partial charge in [-0.05, 0) is 134 Å². The van der Waals surface area contributed by atoms with E-state index in [0.717, 1.165) is 74.8 Å². The van der Waals surface area contributed by atoms with Gasteiger partial charge in [-0.2, -0.15) is 0 Å². The van der Waals surface area contributed by atoms with Crippen molar-refractivity contribution in [1.82, 2.24) is 10.2 Å². The molecule has 44 heavy (non-hydrogen) atoms. The van der Waals surface area contributed by atoms with Gasteiger partial charge in [-0.3, -0.25) is 9.69 Å². The molecule has 1 amide bonds. The number of nitrogens with one attached hydrogen (secondary N) is 1. The molecule has 4 saturated carbocycles. The summed E-state index contributed by atoms with van der Waals surface area (Å²) in [4.78, 5) is 18.1. The van der Waals surface area contributed by atoms with Crippen LogP contribution in [0.25, 0.3) is 11.1 Å². The average Bonchev–Trinajstić information content (AvgIpc) is 3.04. The molecule has 3 aromatic carbocycles. The smallest absolute Gasteiger partial charge is 0.251 e. The quantitative estimate of drug-likeness (QED) is 0.264. The van der Waals surface area contributed by atoms with E-state index in [9.17, 15) is 4.79 Å². The third kappa shape index (κ3) is 6.26. The third-order valence-electron chi connectivity index (χ3n) is 11.1. The molecule has 1 saturated heterocycles. The number of hydrogen-bond donors (Lipinski definition) is 1. The van der Waals surface area contributed by atoms with E-state index in [1.165, 1.54) is 66.5 Å². The first kappa shape index (κ1) is 29.4. The molecule has 5 aliphatic rings. The van der Waals surface area contributed by atoms with E-state index >= 15 is 0 Å². The van der Waals surface area contributed by atoms with Gasteiger partial charge in [0.2, 0.25) is 0 Å². The molecule has 1 heterocycles. The Kier molecular flexibility index (Phi) is 8.41. The van der Waals surface area contributed by atoms with Crippen LogP contribution in [0.4, 0.5) is 5.69 Å². The lowest BCUT2D eigenvalue weighted by molar-refractivity contribution is -0.0503. The minimum atomic E-state index is 0.0943. The highest BCUT2D eigenvalue weighted by Gasteiger charge is 2.50. The molecule has 5 fully saturated rings. The van der Waals surface area contributed by atoms with Crippen molar-refractivity contribution in [3.8, 4) is 16.9 Å². The van der Waals surface area contributed by atoms with E-state index in [-0.39, 0.29) is 5.91 Å². The number of hydrogen-bond acceptors (Lipinski definition) is 4. The molecule has 1 N–H and O–H groups in total. The summed E-state index contributed by atoms with van der Waals surface area (Å²) in [6.45, 7) is 10.9. The maximum Gasteiger partial charge on any atom is 0.251 e. The number of carbonyl (C=O) groups is 1. The predicted octanol–water partition coefficient (Wildman–Crippen LogP) is 7.58.